The van der Waals surface area contributed by atoms with E-state index in [2.05, 4.69) is 15.5 Å². The molecule has 3 aromatic rings. The number of anilines is 2. The molecule has 1 aromatic carbocycles. The molecule has 1 aliphatic rings. The Kier molecular flexibility index (Phi) is 5.66. The number of rotatable bonds is 7. The minimum Gasteiger partial charge on any atom is -0.339 e. The summed E-state index contributed by atoms with van der Waals surface area (Å²) in [6.07, 6.45) is 2.42. The fourth-order valence-electron chi connectivity index (χ4n) is 3.19. The SMILES string of the molecule is O=C(CCCc1nc(-c2cccs2)no1)Nc1ccc(N2CCCC2=O)c(F)c1. The molecule has 1 aliphatic heterocycles. The van der Waals surface area contributed by atoms with Crippen LogP contribution in [0.5, 0.6) is 0 Å². The number of nitrogens with one attached hydrogen (secondary N) is 1. The van der Waals surface area contributed by atoms with Gasteiger partial charge < -0.3 is 14.7 Å². The highest BCUT2D eigenvalue weighted by atomic mass is 32.1. The second-order valence-electron chi connectivity index (χ2n) is 6.71. The lowest BCUT2D eigenvalue weighted by Crippen LogP contribution is -2.24. The lowest BCUT2D eigenvalue weighted by Gasteiger charge is -2.17. The third kappa shape index (κ3) is 4.51. The number of amides is 2. The van der Waals surface area contributed by atoms with Gasteiger partial charge in [-0.1, -0.05) is 11.2 Å². The molecule has 0 spiro atoms. The third-order valence-corrected chi connectivity index (χ3v) is 5.47. The van der Waals surface area contributed by atoms with E-state index in [1.165, 1.54) is 28.4 Å². The van der Waals surface area contributed by atoms with Crippen molar-refractivity contribution in [1.82, 2.24) is 10.1 Å². The van der Waals surface area contributed by atoms with Gasteiger partial charge in [-0.2, -0.15) is 4.98 Å². The standard InChI is InChI=1S/C20H19FN4O3S/c21-14-12-13(8-9-15(14)25-10-2-7-19(25)27)22-17(26)5-1-6-18-23-20(24-28-18)16-4-3-11-29-16/h3-4,8-9,11-12H,1-2,5-7,10H2,(H,22,26). The van der Waals surface area contributed by atoms with Crippen molar-refractivity contribution in [3.63, 3.8) is 0 Å². The van der Waals surface area contributed by atoms with Gasteiger partial charge >= 0.3 is 0 Å². The number of aromatic nitrogens is 2. The fraction of sp³-hybridized carbons (Fsp3) is 0.300. The first kappa shape index (κ1) is 19.3. The summed E-state index contributed by atoms with van der Waals surface area (Å²) in [6.45, 7) is 0.519. The predicted molar refractivity (Wildman–Crippen MR) is 107 cm³/mol. The maximum absolute atomic E-state index is 14.3. The van der Waals surface area contributed by atoms with E-state index in [1.807, 2.05) is 17.5 Å². The van der Waals surface area contributed by atoms with Gasteiger partial charge in [-0.25, -0.2) is 4.39 Å². The largest absolute Gasteiger partial charge is 0.339 e. The van der Waals surface area contributed by atoms with E-state index in [0.29, 0.717) is 43.2 Å². The monoisotopic (exact) mass is 414 g/mol. The van der Waals surface area contributed by atoms with Gasteiger partial charge in [0, 0.05) is 31.5 Å². The van der Waals surface area contributed by atoms with E-state index < -0.39 is 5.82 Å². The Labute approximate surface area is 170 Å². The molecular formula is C20H19FN4O3S. The number of carbonyl (C=O) groups excluding carboxylic acids is 2. The van der Waals surface area contributed by atoms with Crippen molar-refractivity contribution >= 4 is 34.5 Å². The van der Waals surface area contributed by atoms with Crippen LogP contribution in [0, 0.1) is 5.82 Å². The zero-order chi connectivity index (χ0) is 20.2. The summed E-state index contributed by atoms with van der Waals surface area (Å²) in [4.78, 5) is 30.6. The number of nitrogens with zero attached hydrogens (tertiary/aromatic N) is 3. The smallest absolute Gasteiger partial charge is 0.227 e. The summed E-state index contributed by atoms with van der Waals surface area (Å²) in [5, 5.41) is 8.55. The second kappa shape index (κ2) is 8.52. The Morgan fingerprint density at radius 2 is 2.24 bits per heavy atom. The molecule has 0 saturated carbocycles. The van der Waals surface area contributed by atoms with Gasteiger partial charge in [0.25, 0.3) is 0 Å². The van der Waals surface area contributed by atoms with Gasteiger partial charge in [0.1, 0.15) is 5.82 Å². The minimum atomic E-state index is -0.523. The highest BCUT2D eigenvalue weighted by molar-refractivity contribution is 7.13. The molecular weight excluding hydrogens is 395 g/mol. The first-order chi connectivity index (χ1) is 14.1. The number of benzene rings is 1. The van der Waals surface area contributed by atoms with Crippen molar-refractivity contribution in [3.05, 3.63) is 47.4 Å². The van der Waals surface area contributed by atoms with Gasteiger partial charge in [0.05, 0.1) is 10.6 Å². The van der Waals surface area contributed by atoms with Crippen LogP contribution in [0.1, 0.15) is 31.6 Å². The topological polar surface area (TPSA) is 88.3 Å². The van der Waals surface area contributed by atoms with E-state index in [1.54, 1.807) is 6.07 Å². The lowest BCUT2D eigenvalue weighted by atomic mass is 10.2. The predicted octanol–water partition coefficient (Wildman–Crippen LogP) is 4.03. The van der Waals surface area contributed by atoms with Crippen LogP contribution in [0.4, 0.5) is 15.8 Å². The molecule has 0 radical (unpaired) electrons. The zero-order valence-corrected chi connectivity index (χ0v) is 16.4. The molecule has 29 heavy (non-hydrogen) atoms. The van der Waals surface area contributed by atoms with Crippen LogP contribution in [0.15, 0.2) is 40.2 Å². The maximum Gasteiger partial charge on any atom is 0.227 e. The maximum atomic E-state index is 14.3. The van der Waals surface area contributed by atoms with Crippen molar-refractivity contribution in [2.75, 3.05) is 16.8 Å². The Hall–Kier alpha value is -3.07. The molecule has 1 N–H and O–H groups in total. The molecule has 1 saturated heterocycles. The first-order valence-electron chi connectivity index (χ1n) is 9.36. The number of thiophene rings is 1. The van der Waals surface area contributed by atoms with Crippen LogP contribution in [0.3, 0.4) is 0 Å². The molecule has 2 aromatic heterocycles. The summed E-state index contributed by atoms with van der Waals surface area (Å²) >= 11 is 1.53. The number of hydrogen-bond donors (Lipinski definition) is 1. The molecule has 1 fully saturated rings. The zero-order valence-electron chi connectivity index (χ0n) is 15.6. The molecule has 9 heteroatoms. The number of hydrogen-bond acceptors (Lipinski definition) is 6. The Morgan fingerprint density at radius 3 is 2.97 bits per heavy atom. The molecule has 0 bridgehead atoms. The van der Waals surface area contributed by atoms with E-state index >= 15 is 0 Å². The Morgan fingerprint density at radius 1 is 1.34 bits per heavy atom. The van der Waals surface area contributed by atoms with E-state index in [-0.39, 0.29) is 23.9 Å². The summed E-state index contributed by atoms with van der Waals surface area (Å²) in [6, 6.07) is 8.20. The van der Waals surface area contributed by atoms with Crippen molar-refractivity contribution < 1.29 is 18.5 Å². The fourth-order valence-corrected chi connectivity index (χ4v) is 3.84. The summed E-state index contributed by atoms with van der Waals surface area (Å²) < 4.78 is 19.6. The van der Waals surface area contributed by atoms with Gasteiger partial charge in [-0.3, -0.25) is 9.59 Å². The summed E-state index contributed by atoms with van der Waals surface area (Å²) in [7, 11) is 0. The number of carbonyl (C=O) groups is 2. The highest BCUT2D eigenvalue weighted by Gasteiger charge is 2.24. The van der Waals surface area contributed by atoms with Crippen molar-refractivity contribution in [2.45, 2.75) is 32.1 Å². The molecule has 7 nitrogen and oxygen atoms in total. The van der Waals surface area contributed by atoms with Crippen molar-refractivity contribution in [2.24, 2.45) is 0 Å². The highest BCUT2D eigenvalue weighted by Crippen LogP contribution is 2.27. The molecule has 150 valence electrons. The minimum absolute atomic E-state index is 0.0797. The molecule has 4 rings (SSSR count). The van der Waals surface area contributed by atoms with Gasteiger partial charge in [0.2, 0.25) is 23.5 Å². The van der Waals surface area contributed by atoms with E-state index in [0.717, 1.165) is 11.3 Å². The van der Waals surface area contributed by atoms with Crippen LogP contribution in [0.2, 0.25) is 0 Å². The number of halogens is 1. The Bertz CT molecular complexity index is 1020. The molecule has 0 aliphatic carbocycles. The molecule has 2 amide bonds. The van der Waals surface area contributed by atoms with Crippen LogP contribution in [0.25, 0.3) is 10.7 Å². The van der Waals surface area contributed by atoms with Crippen LogP contribution in [-0.4, -0.2) is 28.5 Å². The van der Waals surface area contributed by atoms with Crippen molar-refractivity contribution in [1.29, 1.82) is 0 Å². The first-order valence-corrected chi connectivity index (χ1v) is 10.2. The number of aryl methyl sites for hydroxylation is 1. The normalized spacial score (nSPS) is 13.8. The average Bonchev–Trinajstić information content (AvgIpc) is 3.43. The average molecular weight is 414 g/mol. The van der Waals surface area contributed by atoms with Crippen molar-refractivity contribution in [3.8, 4) is 10.7 Å². The van der Waals surface area contributed by atoms with Gasteiger partial charge in [-0.05, 0) is 42.5 Å². The molecule has 0 unspecified atom stereocenters. The van der Waals surface area contributed by atoms with Crippen LogP contribution >= 0.6 is 11.3 Å². The lowest BCUT2D eigenvalue weighted by molar-refractivity contribution is -0.117. The van der Waals surface area contributed by atoms with Crippen LogP contribution in [-0.2, 0) is 16.0 Å². The Balaban J connectivity index is 1.27. The summed E-state index contributed by atoms with van der Waals surface area (Å²) in [5.74, 6) is 0.194. The van der Waals surface area contributed by atoms with E-state index in [4.69, 9.17) is 4.52 Å². The summed E-state index contributed by atoms with van der Waals surface area (Å²) in [5.41, 5.74) is 0.615. The quantitative estimate of drug-likeness (QED) is 0.631. The molecule has 0 atom stereocenters. The molecule has 3 heterocycles. The van der Waals surface area contributed by atoms with Gasteiger partial charge in [0.15, 0.2) is 0 Å². The second-order valence-corrected chi connectivity index (χ2v) is 7.65. The van der Waals surface area contributed by atoms with Crippen LogP contribution < -0.4 is 10.2 Å². The third-order valence-electron chi connectivity index (χ3n) is 4.60. The van der Waals surface area contributed by atoms with E-state index in [9.17, 15) is 14.0 Å². The van der Waals surface area contributed by atoms with Gasteiger partial charge in [-0.15, -0.1) is 11.3 Å².